The fourth-order valence-corrected chi connectivity index (χ4v) is 3.19. The van der Waals surface area contributed by atoms with E-state index in [9.17, 15) is 12.8 Å². The molecular formula is C9H9FN4O2S2. The Morgan fingerprint density at radius 3 is 2.67 bits per heavy atom. The highest BCUT2D eigenvalue weighted by molar-refractivity contribution is 7.94. The topological polar surface area (TPSA) is 98.0 Å². The van der Waals surface area contributed by atoms with E-state index < -0.39 is 15.8 Å². The maximum Gasteiger partial charge on any atom is 0.291 e. The van der Waals surface area contributed by atoms with Gasteiger partial charge in [-0.3, -0.25) is 4.72 Å². The first kappa shape index (κ1) is 12.7. The van der Waals surface area contributed by atoms with E-state index in [0.717, 1.165) is 0 Å². The van der Waals surface area contributed by atoms with E-state index in [1.807, 2.05) is 0 Å². The second kappa shape index (κ2) is 4.50. The Balaban J connectivity index is 2.40. The van der Waals surface area contributed by atoms with E-state index in [1.165, 1.54) is 12.1 Å². The van der Waals surface area contributed by atoms with Crippen LogP contribution in [0.3, 0.4) is 0 Å². The van der Waals surface area contributed by atoms with Gasteiger partial charge in [0.15, 0.2) is 0 Å². The third-order valence-electron chi connectivity index (χ3n) is 2.11. The Bertz CT molecular complexity index is 663. The van der Waals surface area contributed by atoms with Crippen molar-refractivity contribution in [1.82, 2.24) is 10.2 Å². The molecule has 0 saturated carbocycles. The van der Waals surface area contributed by atoms with Gasteiger partial charge in [0.2, 0.25) is 5.13 Å². The van der Waals surface area contributed by atoms with Gasteiger partial charge in [-0.25, -0.2) is 4.39 Å². The minimum atomic E-state index is -3.96. The molecule has 0 fully saturated rings. The van der Waals surface area contributed by atoms with Crippen molar-refractivity contribution in [2.45, 2.75) is 11.3 Å². The summed E-state index contributed by atoms with van der Waals surface area (Å²) >= 11 is 0.708. The van der Waals surface area contributed by atoms with Crippen molar-refractivity contribution in [2.24, 2.45) is 0 Å². The van der Waals surface area contributed by atoms with Crippen LogP contribution in [0.25, 0.3) is 0 Å². The first-order valence-corrected chi connectivity index (χ1v) is 7.07. The number of nitrogens with two attached hydrogens (primary N) is 1. The van der Waals surface area contributed by atoms with Crippen molar-refractivity contribution in [1.29, 1.82) is 0 Å². The number of rotatable bonds is 3. The van der Waals surface area contributed by atoms with Crippen LogP contribution in [0.15, 0.2) is 22.5 Å². The van der Waals surface area contributed by atoms with E-state index in [0.29, 0.717) is 16.9 Å². The van der Waals surface area contributed by atoms with Crippen molar-refractivity contribution >= 4 is 32.2 Å². The predicted octanol–water partition coefficient (Wildman–Crippen LogP) is 1.37. The molecule has 1 aromatic heterocycles. The molecule has 9 heteroatoms. The van der Waals surface area contributed by atoms with Crippen LogP contribution >= 0.6 is 11.3 Å². The third-order valence-corrected chi connectivity index (χ3v) is 4.58. The van der Waals surface area contributed by atoms with Crippen molar-refractivity contribution in [3.8, 4) is 0 Å². The molecule has 2 aromatic rings. The van der Waals surface area contributed by atoms with E-state index >= 15 is 0 Å². The smallest absolute Gasteiger partial charge is 0.291 e. The lowest BCUT2D eigenvalue weighted by Gasteiger charge is -2.08. The fourth-order valence-electron chi connectivity index (χ4n) is 1.27. The van der Waals surface area contributed by atoms with E-state index in [4.69, 9.17) is 5.73 Å². The number of halogens is 1. The van der Waals surface area contributed by atoms with E-state index in [1.54, 1.807) is 13.0 Å². The van der Waals surface area contributed by atoms with Gasteiger partial charge in [-0.05, 0) is 18.6 Å². The molecule has 2 rings (SSSR count). The quantitative estimate of drug-likeness (QED) is 0.888. The van der Waals surface area contributed by atoms with Gasteiger partial charge >= 0.3 is 0 Å². The lowest BCUT2D eigenvalue weighted by Crippen LogP contribution is -2.14. The van der Waals surface area contributed by atoms with Crippen molar-refractivity contribution < 1.29 is 12.8 Å². The molecule has 0 atom stereocenters. The van der Waals surface area contributed by atoms with Gasteiger partial charge in [-0.15, -0.1) is 10.2 Å². The lowest BCUT2D eigenvalue weighted by atomic mass is 10.2. The minimum Gasteiger partial charge on any atom is -0.374 e. The molecule has 0 unspecified atom stereocenters. The van der Waals surface area contributed by atoms with Gasteiger partial charge in [0.1, 0.15) is 5.82 Å². The highest BCUT2D eigenvalue weighted by atomic mass is 32.2. The summed E-state index contributed by atoms with van der Waals surface area (Å²) in [7, 11) is -3.96. The number of benzene rings is 1. The maximum absolute atomic E-state index is 13.5. The Morgan fingerprint density at radius 2 is 2.11 bits per heavy atom. The zero-order chi connectivity index (χ0) is 13.3. The number of aromatic nitrogens is 2. The predicted molar refractivity (Wildman–Crippen MR) is 66.3 cm³/mol. The largest absolute Gasteiger partial charge is 0.374 e. The van der Waals surface area contributed by atoms with Crippen LogP contribution in [-0.4, -0.2) is 18.6 Å². The Morgan fingerprint density at radius 1 is 1.39 bits per heavy atom. The van der Waals surface area contributed by atoms with Crippen LogP contribution in [-0.2, 0) is 10.0 Å². The summed E-state index contributed by atoms with van der Waals surface area (Å²) in [4.78, 5) is 0. The molecule has 6 nitrogen and oxygen atoms in total. The SMILES string of the molecule is Cc1cccc(F)c1NS(=O)(=O)c1nnc(N)s1. The van der Waals surface area contributed by atoms with Crippen molar-refractivity contribution in [3.63, 3.8) is 0 Å². The Kier molecular flexibility index (Phi) is 3.18. The zero-order valence-electron chi connectivity index (χ0n) is 9.21. The number of para-hydroxylation sites is 1. The van der Waals surface area contributed by atoms with Gasteiger partial charge in [-0.1, -0.05) is 23.5 Å². The van der Waals surface area contributed by atoms with Crippen LogP contribution in [0.4, 0.5) is 15.2 Å². The molecule has 0 spiro atoms. The number of anilines is 2. The molecule has 0 amide bonds. The molecule has 18 heavy (non-hydrogen) atoms. The number of sulfonamides is 1. The molecule has 0 aliphatic heterocycles. The number of hydrogen-bond acceptors (Lipinski definition) is 6. The number of nitrogens with one attached hydrogen (secondary N) is 1. The normalized spacial score (nSPS) is 11.4. The van der Waals surface area contributed by atoms with Gasteiger partial charge in [0, 0.05) is 0 Å². The Labute approximate surface area is 107 Å². The first-order chi connectivity index (χ1) is 8.40. The van der Waals surface area contributed by atoms with E-state index in [-0.39, 0.29) is 15.2 Å². The molecule has 0 saturated heterocycles. The van der Waals surface area contributed by atoms with Crippen LogP contribution in [0.2, 0.25) is 0 Å². The number of hydrogen-bond donors (Lipinski definition) is 2. The first-order valence-electron chi connectivity index (χ1n) is 4.77. The average Bonchev–Trinajstić information content (AvgIpc) is 2.71. The highest BCUT2D eigenvalue weighted by Gasteiger charge is 2.21. The summed E-state index contributed by atoms with van der Waals surface area (Å²) in [6.45, 7) is 1.59. The monoisotopic (exact) mass is 288 g/mol. The number of nitrogen functional groups attached to an aromatic ring is 1. The average molecular weight is 288 g/mol. The van der Waals surface area contributed by atoms with E-state index in [2.05, 4.69) is 14.9 Å². The fraction of sp³-hybridized carbons (Fsp3) is 0.111. The summed E-state index contributed by atoms with van der Waals surface area (Å²) < 4.78 is 39.1. The second-order valence-corrected chi connectivity index (χ2v) is 6.31. The second-order valence-electron chi connectivity index (χ2n) is 3.44. The number of nitrogens with zero attached hydrogens (tertiary/aromatic N) is 2. The van der Waals surface area contributed by atoms with Crippen LogP contribution in [0, 0.1) is 12.7 Å². The molecule has 96 valence electrons. The molecule has 0 bridgehead atoms. The van der Waals surface area contributed by atoms with Crippen molar-refractivity contribution in [2.75, 3.05) is 10.5 Å². The van der Waals surface area contributed by atoms with Gasteiger partial charge in [0.05, 0.1) is 5.69 Å². The van der Waals surface area contributed by atoms with Gasteiger partial charge in [-0.2, -0.15) is 8.42 Å². The molecule has 0 radical (unpaired) electrons. The highest BCUT2D eigenvalue weighted by Crippen LogP contribution is 2.24. The minimum absolute atomic E-state index is 0.0284. The van der Waals surface area contributed by atoms with Crippen molar-refractivity contribution in [3.05, 3.63) is 29.6 Å². The summed E-state index contributed by atoms with van der Waals surface area (Å²) in [6.07, 6.45) is 0. The summed E-state index contributed by atoms with van der Waals surface area (Å²) in [6, 6.07) is 4.25. The molecule has 1 aromatic carbocycles. The van der Waals surface area contributed by atoms with Crippen LogP contribution in [0.5, 0.6) is 0 Å². The summed E-state index contributed by atoms with van der Waals surface area (Å²) in [5.74, 6) is -0.656. The third kappa shape index (κ3) is 2.41. The van der Waals surface area contributed by atoms with Gasteiger partial charge in [0.25, 0.3) is 14.4 Å². The van der Waals surface area contributed by atoms with Crippen LogP contribution < -0.4 is 10.5 Å². The van der Waals surface area contributed by atoms with Crippen LogP contribution in [0.1, 0.15) is 5.56 Å². The summed E-state index contributed by atoms with van der Waals surface area (Å²) in [5.41, 5.74) is 5.67. The zero-order valence-corrected chi connectivity index (χ0v) is 10.8. The molecule has 1 heterocycles. The lowest BCUT2D eigenvalue weighted by molar-refractivity contribution is 0.596. The molecule has 0 aliphatic carbocycles. The summed E-state index contributed by atoms with van der Waals surface area (Å²) in [5, 5.41) is 6.84. The maximum atomic E-state index is 13.5. The molecule has 0 aliphatic rings. The Hall–Kier alpha value is -1.74. The number of aryl methyl sites for hydroxylation is 1. The standard InChI is InChI=1S/C9H9FN4O2S2/c1-5-3-2-4-6(10)7(5)14-18(15,16)9-13-12-8(11)17-9/h2-4,14H,1H3,(H2,11,12). The van der Waals surface area contributed by atoms with Gasteiger partial charge < -0.3 is 5.73 Å². The molecule has 3 N–H and O–H groups in total. The molecular weight excluding hydrogens is 279 g/mol.